The third kappa shape index (κ3) is 5.29. The summed E-state index contributed by atoms with van der Waals surface area (Å²) in [5, 5.41) is 0.0630. The van der Waals surface area contributed by atoms with Crippen LogP contribution in [0, 0.1) is 13.8 Å². The van der Waals surface area contributed by atoms with Gasteiger partial charge in [0.15, 0.2) is 11.5 Å². The monoisotopic (exact) mass is 493 g/mol. The number of halogens is 1. The SMILES string of the molecule is COc1cc(/C=C2\SC(=O)N(Cc3ccccc3C)C2=O)cc(Cl)c1OCc1cccc(C)c1. The van der Waals surface area contributed by atoms with Crippen LogP contribution in [0.3, 0.4) is 0 Å². The van der Waals surface area contributed by atoms with Crippen molar-refractivity contribution < 1.29 is 19.1 Å². The normalized spacial score (nSPS) is 14.7. The minimum atomic E-state index is -0.326. The van der Waals surface area contributed by atoms with Crippen LogP contribution in [0.1, 0.15) is 27.8 Å². The number of hydrogen-bond donors (Lipinski definition) is 0. The van der Waals surface area contributed by atoms with Gasteiger partial charge < -0.3 is 9.47 Å². The zero-order valence-electron chi connectivity index (χ0n) is 19.1. The number of benzene rings is 3. The van der Waals surface area contributed by atoms with Gasteiger partial charge in [-0.2, -0.15) is 0 Å². The lowest BCUT2D eigenvalue weighted by atomic mass is 10.1. The molecule has 0 atom stereocenters. The molecule has 1 fully saturated rings. The Hall–Kier alpha value is -3.22. The Morgan fingerprint density at radius 3 is 2.56 bits per heavy atom. The molecule has 34 heavy (non-hydrogen) atoms. The van der Waals surface area contributed by atoms with Gasteiger partial charge in [0, 0.05) is 0 Å². The van der Waals surface area contributed by atoms with E-state index < -0.39 is 0 Å². The number of carbonyl (C=O) groups is 2. The number of nitrogens with zero attached hydrogens (tertiary/aromatic N) is 1. The van der Waals surface area contributed by atoms with Crippen LogP contribution >= 0.6 is 23.4 Å². The van der Waals surface area contributed by atoms with E-state index >= 15 is 0 Å². The highest BCUT2D eigenvalue weighted by molar-refractivity contribution is 8.18. The van der Waals surface area contributed by atoms with Crippen molar-refractivity contribution in [3.63, 3.8) is 0 Å². The van der Waals surface area contributed by atoms with Crippen molar-refractivity contribution >= 4 is 40.6 Å². The first-order valence-electron chi connectivity index (χ1n) is 10.7. The average molecular weight is 494 g/mol. The predicted molar refractivity (Wildman–Crippen MR) is 136 cm³/mol. The first-order valence-corrected chi connectivity index (χ1v) is 11.9. The number of amides is 2. The topological polar surface area (TPSA) is 55.8 Å². The van der Waals surface area contributed by atoms with E-state index in [1.807, 2.05) is 62.4 Å². The molecule has 1 aliphatic heterocycles. The molecule has 3 aromatic carbocycles. The molecule has 1 saturated heterocycles. The van der Waals surface area contributed by atoms with Gasteiger partial charge in [-0.3, -0.25) is 14.5 Å². The number of hydrogen-bond acceptors (Lipinski definition) is 5. The summed E-state index contributed by atoms with van der Waals surface area (Å²) in [6.45, 7) is 4.56. The van der Waals surface area contributed by atoms with Gasteiger partial charge in [0.25, 0.3) is 11.1 Å². The van der Waals surface area contributed by atoms with E-state index in [-0.39, 0.29) is 17.7 Å². The van der Waals surface area contributed by atoms with E-state index in [2.05, 4.69) is 0 Å². The summed E-state index contributed by atoms with van der Waals surface area (Å²) >= 11 is 7.43. The van der Waals surface area contributed by atoms with Crippen LogP contribution in [0.5, 0.6) is 11.5 Å². The number of imide groups is 1. The average Bonchev–Trinajstić information content (AvgIpc) is 3.06. The second kappa shape index (κ2) is 10.4. The molecule has 0 aromatic heterocycles. The molecule has 4 rings (SSSR count). The summed E-state index contributed by atoms with van der Waals surface area (Å²) in [6.07, 6.45) is 1.65. The van der Waals surface area contributed by atoms with E-state index in [1.165, 1.54) is 12.0 Å². The molecular weight excluding hydrogens is 470 g/mol. The van der Waals surface area contributed by atoms with Crippen molar-refractivity contribution in [2.75, 3.05) is 7.11 Å². The highest BCUT2D eigenvalue weighted by Gasteiger charge is 2.35. The summed E-state index contributed by atoms with van der Waals surface area (Å²) in [4.78, 5) is 27.1. The molecular formula is C27H24ClNO4S. The van der Waals surface area contributed by atoms with Crippen LogP contribution in [-0.4, -0.2) is 23.2 Å². The van der Waals surface area contributed by atoms with E-state index in [0.29, 0.717) is 33.6 Å². The Bertz CT molecular complexity index is 1290. The second-order valence-electron chi connectivity index (χ2n) is 8.01. The fraction of sp³-hybridized carbons (Fsp3) is 0.185. The molecule has 1 aliphatic rings. The molecule has 0 N–H and O–H groups in total. The summed E-state index contributed by atoms with van der Waals surface area (Å²) in [7, 11) is 1.53. The zero-order chi connectivity index (χ0) is 24.2. The number of thioether (sulfide) groups is 1. The van der Waals surface area contributed by atoms with E-state index in [1.54, 1.807) is 18.2 Å². The van der Waals surface area contributed by atoms with Gasteiger partial charge in [0.05, 0.1) is 23.6 Å². The molecule has 0 radical (unpaired) electrons. The summed E-state index contributed by atoms with van der Waals surface area (Å²) in [6, 6.07) is 19.2. The zero-order valence-corrected chi connectivity index (χ0v) is 20.7. The van der Waals surface area contributed by atoms with Gasteiger partial charge in [-0.15, -0.1) is 0 Å². The molecule has 0 aliphatic carbocycles. The lowest BCUT2D eigenvalue weighted by Gasteiger charge is -2.14. The maximum atomic E-state index is 13.0. The lowest BCUT2D eigenvalue weighted by molar-refractivity contribution is -0.123. The minimum Gasteiger partial charge on any atom is -0.493 e. The lowest BCUT2D eigenvalue weighted by Crippen LogP contribution is -2.27. The maximum Gasteiger partial charge on any atom is 0.293 e. The van der Waals surface area contributed by atoms with Crippen LogP contribution in [0.2, 0.25) is 5.02 Å². The second-order valence-corrected chi connectivity index (χ2v) is 9.41. The molecule has 174 valence electrons. The van der Waals surface area contributed by atoms with Crippen molar-refractivity contribution in [1.82, 2.24) is 4.90 Å². The number of rotatable bonds is 7. The van der Waals surface area contributed by atoms with Gasteiger partial charge in [-0.05, 0) is 66.1 Å². The molecule has 0 bridgehead atoms. The Morgan fingerprint density at radius 2 is 1.82 bits per heavy atom. The molecule has 0 saturated carbocycles. The van der Waals surface area contributed by atoms with Gasteiger partial charge in [-0.25, -0.2) is 0 Å². The van der Waals surface area contributed by atoms with Crippen molar-refractivity contribution in [1.29, 1.82) is 0 Å². The third-order valence-electron chi connectivity index (χ3n) is 5.48. The minimum absolute atomic E-state index is 0.241. The number of ether oxygens (including phenoxy) is 2. The Labute approximate surface area is 208 Å². The first-order chi connectivity index (χ1) is 16.4. The summed E-state index contributed by atoms with van der Waals surface area (Å²) in [5.74, 6) is 0.550. The molecule has 1 heterocycles. The Kier molecular flexibility index (Phi) is 7.29. The van der Waals surface area contributed by atoms with E-state index in [0.717, 1.165) is 34.0 Å². The van der Waals surface area contributed by atoms with E-state index in [4.69, 9.17) is 21.1 Å². The largest absolute Gasteiger partial charge is 0.493 e. The molecule has 3 aromatic rings. The van der Waals surface area contributed by atoms with Crippen molar-refractivity contribution in [3.05, 3.63) is 98.4 Å². The first kappa shape index (κ1) is 23.9. The van der Waals surface area contributed by atoms with Crippen molar-refractivity contribution in [3.8, 4) is 11.5 Å². The van der Waals surface area contributed by atoms with Gasteiger partial charge in [0.2, 0.25) is 0 Å². The number of carbonyl (C=O) groups excluding carboxylic acids is 2. The molecule has 0 unspecified atom stereocenters. The fourth-order valence-electron chi connectivity index (χ4n) is 3.67. The summed E-state index contributed by atoms with van der Waals surface area (Å²) in [5.41, 5.74) is 4.77. The third-order valence-corrected chi connectivity index (χ3v) is 6.67. The molecule has 5 nitrogen and oxygen atoms in total. The van der Waals surface area contributed by atoms with Crippen LogP contribution in [-0.2, 0) is 17.9 Å². The standard InChI is InChI=1S/C27H24ClNO4S/c1-17-7-6-9-19(11-17)16-33-25-22(28)12-20(13-23(25)32-3)14-24-26(30)29(27(31)34-24)15-21-10-5-4-8-18(21)2/h4-14H,15-16H2,1-3H3/b24-14-. The molecule has 7 heteroatoms. The maximum absolute atomic E-state index is 13.0. The molecule has 2 amide bonds. The number of methoxy groups -OCH3 is 1. The van der Waals surface area contributed by atoms with Gasteiger partial charge in [0.1, 0.15) is 6.61 Å². The quantitative estimate of drug-likeness (QED) is 0.339. The molecule has 0 spiro atoms. The smallest absolute Gasteiger partial charge is 0.293 e. The number of aryl methyl sites for hydroxylation is 2. The van der Waals surface area contributed by atoms with Crippen molar-refractivity contribution in [2.24, 2.45) is 0 Å². The van der Waals surface area contributed by atoms with Gasteiger partial charge >= 0.3 is 0 Å². The Balaban J connectivity index is 1.54. The fourth-order valence-corrected chi connectivity index (χ4v) is 4.78. The highest BCUT2D eigenvalue weighted by Crippen LogP contribution is 2.39. The predicted octanol–water partition coefficient (Wildman–Crippen LogP) is 6.78. The van der Waals surface area contributed by atoms with Crippen LogP contribution < -0.4 is 9.47 Å². The van der Waals surface area contributed by atoms with E-state index in [9.17, 15) is 9.59 Å². The van der Waals surface area contributed by atoms with Gasteiger partial charge in [-0.1, -0.05) is 65.7 Å². The van der Waals surface area contributed by atoms with Crippen LogP contribution in [0.25, 0.3) is 6.08 Å². The van der Waals surface area contributed by atoms with Crippen molar-refractivity contribution in [2.45, 2.75) is 27.0 Å². The summed E-state index contributed by atoms with van der Waals surface area (Å²) < 4.78 is 11.4. The Morgan fingerprint density at radius 1 is 1.03 bits per heavy atom. The highest BCUT2D eigenvalue weighted by atomic mass is 35.5. The van der Waals surface area contributed by atoms with Crippen LogP contribution in [0.15, 0.2) is 65.6 Å². The van der Waals surface area contributed by atoms with Crippen LogP contribution in [0.4, 0.5) is 4.79 Å².